The van der Waals surface area contributed by atoms with Crippen molar-refractivity contribution in [3.63, 3.8) is 0 Å². The highest BCUT2D eigenvalue weighted by atomic mass is 16.5. The number of nitrogens with two attached hydrogens (primary N) is 2. The Labute approximate surface area is 255 Å². The molecule has 5 rings (SSSR count). The highest BCUT2D eigenvalue weighted by molar-refractivity contribution is 5.59. The summed E-state index contributed by atoms with van der Waals surface area (Å²) in [5, 5.41) is 6.49. The molecule has 13 nitrogen and oxygen atoms in total. The van der Waals surface area contributed by atoms with Crippen LogP contribution >= 0.6 is 0 Å². The van der Waals surface area contributed by atoms with Gasteiger partial charge in [0.25, 0.3) is 0 Å². The molecule has 0 saturated carbocycles. The Morgan fingerprint density at radius 1 is 0.614 bits per heavy atom. The zero-order chi connectivity index (χ0) is 31.1. The maximum absolute atomic E-state index is 6.12. The van der Waals surface area contributed by atoms with Crippen molar-refractivity contribution in [2.24, 2.45) is 0 Å². The van der Waals surface area contributed by atoms with Crippen LogP contribution in [0.1, 0.15) is 28.3 Å². The smallest absolute Gasteiger partial charge is 0.232 e. The summed E-state index contributed by atoms with van der Waals surface area (Å²) in [6.07, 6.45) is 0. The van der Waals surface area contributed by atoms with E-state index in [0.717, 1.165) is 28.1 Å². The summed E-state index contributed by atoms with van der Waals surface area (Å²) in [7, 11) is 3.21. The van der Waals surface area contributed by atoms with Gasteiger partial charge in [0, 0.05) is 17.9 Å². The number of methoxy groups -OCH3 is 2. The number of ether oxygens (including phenoxy) is 2. The Balaban J connectivity index is 1.45. The molecule has 0 radical (unpaired) electrons. The van der Waals surface area contributed by atoms with E-state index < -0.39 is 0 Å². The Kier molecular flexibility index (Phi) is 9.25. The second kappa shape index (κ2) is 13.6. The average Bonchev–Trinajstić information content (AvgIpc) is 2.99. The minimum absolute atomic E-state index is 0.103. The number of nitrogens with zero attached hydrogens (tertiary/aromatic N) is 7. The first-order valence-electron chi connectivity index (χ1n) is 13.9. The predicted octanol–water partition coefficient (Wildman–Crippen LogP) is 4.54. The molecule has 0 spiro atoms. The van der Waals surface area contributed by atoms with Crippen LogP contribution in [-0.2, 0) is 19.6 Å². The van der Waals surface area contributed by atoms with Crippen molar-refractivity contribution in [2.75, 3.05) is 36.3 Å². The monoisotopic (exact) mass is 593 g/mol. The van der Waals surface area contributed by atoms with E-state index in [0.29, 0.717) is 54.7 Å². The van der Waals surface area contributed by atoms with Crippen LogP contribution in [0.25, 0.3) is 0 Å². The molecule has 5 aromatic rings. The molecule has 226 valence electrons. The number of benzene rings is 3. The molecule has 0 aliphatic heterocycles. The van der Waals surface area contributed by atoms with Crippen molar-refractivity contribution in [3.05, 3.63) is 95.1 Å². The summed E-state index contributed by atoms with van der Waals surface area (Å²) < 4.78 is 11.0. The molecular formula is C31H35N11O2. The Morgan fingerprint density at radius 2 is 1.11 bits per heavy atom. The van der Waals surface area contributed by atoms with Crippen molar-refractivity contribution in [3.8, 4) is 11.5 Å². The largest absolute Gasteiger partial charge is 0.493 e. The van der Waals surface area contributed by atoms with Gasteiger partial charge >= 0.3 is 0 Å². The molecule has 0 amide bonds. The quantitative estimate of drug-likeness (QED) is 0.159. The SMILES string of the molecule is COc1ccc(CN(Cc2nc(N)nc(Nc3ccccc3C)n2)Cc2nc(N)nc(Nc3ccccc3C)n2)cc1OC. The third-order valence-electron chi connectivity index (χ3n) is 6.77. The number of anilines is 6. The van der Waals surface area contributed by atoms with Gasteiger partial charge in [-0.2, -0.15) is 29.9 Å². The van der Waals surface area contributed by atoms with Crippen LogP contribution in [0.3, 0.4) is 0 Å². The van der Waals surface area contributed by atoms with Crippen molar-refractivity contribution >= 4 is 35.2 Å². The fourth-order valence-electron chi connectivity index (χ4n) is 4.60. The molecule has 2 heterocycles. The van der Waals surface area contributed by atoms with Crippen LogP contribution in [0.5, 0.6) is 11.5 Å². The maximum atomic E-state index is 6.12. The number of rotatable bonds is 12. The van der Waals surface area contributed by atoms with Gasteiger partial charge in [-0.25, -0.2) is 0 Å². The Hall–Kier alpha value is -5.56. The summed E-state index contributed by atoms with van der Waals surface area (Å²) in [5.41, 5.74) is 17.0. The number of nitrogen functional groups attached to an aromatic ring is 2. The van der Waals surface area contributed by atoms with E-state index in [4.69, 9.17) is 20.9 Å². The molecule has 0 aliphatic rings. The summed E-state index contributed by atoms with van der Waals surface area (Å²) in [6, 6.07) is 21.5. The first-order valence-corrected chi connectivity index (χ1v) is 13.9. The van der Waals surface area contributed by atoms with Crippen LogP contribution < -0.4 is 31.6 Å². The van der Waals surface area contributed by atoms with E-state index in [1.165, 1.54) is 0 Å². The van der Waals surface area contributed by atoms with Crippen LogP contribution in [0.2, 0.25) is 0 Å². The summed E-state index contributed by atoms with van der Waals surface area (Å²) in [4.78, 5) is 28.8. The fraction of sp³-hybridized carbons (Fsp3) is 0.226. The maximum Gasteiger partial charge on any atom is 0.232 e. The summed E-state index contributed by atoms with van der Waals surface area (Å²) in [6.45, 7) is 5.08. The first kappa shape index (κ1) is 29.9. The number of para-hydroxylation sites is 2. The van der Waals surface area contributed by atoms with Crippen molar-refractivity contribution < 1.29 is 9.47 Å². The molecule has 0 fully saturated rings. The standard InChI is InChI=1S/C31H35N11O2/c1-19-9-5-7-11-22(19)34-30-38-26(36-28(32)40-30)17-42(16-21-13-14-24(43-3)25(15-21)44-4)18-27-37-29(33)41-31(39-27)35-23-12-8-6-10-20(23)2/h5-15H,16-18H2,1-4H3,(H3,32,34,36,38,40)(H3,33,35,37,39,41). The molecule has 0 unspecified atom stereocenters. The molecule has 0 bridgehead atoms. The van der Waals surface area contributed by atoms with E-state index in [1.54, 1.807) is 14.2 Å². The number of aryl methyl sites for hydroxylation is 2. The van der Waals surface area contributed by atoms with Gasteiger partial charge in [-0.1, -0.05) is 42.5 Å². The number of hydrogen-bond acceptors (Lipinski definition) is 13. The third kappa shape index (κ3) is 7.63. The van der Waals surface area contributed by atoms with Gasteiger partial charge in [-0.05, 0) is 54.8 Å². The van der Waals surface area contributed by atoms with Gasteiger partial charge in [0.05, 0.1) is 27.3 Å². The van der Waals surface area contributed by atoms with Gasteiger partial charge in [0.1, 0.15) is 11.6 Å². The Bertz CT molecular complexity index is 1650. The lowest BCUT2D eigenvalue weighted by Crippen LogP contribution is -2.26. The lowest BCUT2D eigenvalue weighted by molar-refractivity contribution is 0.234. The van der Waals surface area contributed by atoms with E-state index in [9.17, 15) is 0 Å². The molecule has 13 heteroatoms. The summed E-state index contributed by atoms with van der Waals surface area (Å²) in [5.74, 6) is 3.09. The molecule has 6 N–H and O–H groups in total. The van der Waals surface area contributed by atoms with E-state index >= 15 is 0 Å². The van der Waals surface area contributed by atoms with E-state index in [1.807, 2.05) is 80.6 Å². The molecule has 44 heavy (non-hydrogen) atoms. The highest BCUT2D eigenvalue weighted by Crippen LogP contribution is 2.29. The fourth-order valence-corrected chi connectivity index (χ4v) is 4.60. The average molecular weight is 594 g/mol. The third-order valence-corrected chi connectivity index (χ3v) is 6.77. The van der Waals surface area contributed by atoms with Crippen molar-refractivity contribution in [1.29, 1.82) is 0 Å². The van der Waals surface area contributed by atoms with E-state index in [-0.39, 0.29) is 11.9 Å². The molecule has 0 aliphatic carbocycles. The van der Waals surface area contributed by atoms with Gasteiger partial charge < -0.3 is 31.6 Å². The highest BCUT2D eigenvalue weighted by Gasteiger charge is 2.17. The van der Waals surface area contributed by atoms with E-state index in [2.05, 4.69) is 45.4 Å². The molecule has 3 aromatic carbocycles. The molecule has 2 aromatic heterocycles. The zero-order valence-corrected chi connectivity index (χ0v) is 25.1. The van der Waals surface area contributed by atoms with Gasteiger partial charge in [-0.15, -0.1) is 0 Å². The number of aromatic nitrogens is 6. The lowest BCUT2D eigenvalue weighted by atomic mass is 10.2. The normalized spacial score (nSPS) is 10.9. The number of nitrogens with one attached hydrogen (secondary N) is 2. The predicted molar refractivity (Wildman–Crippen MR) is 170 cm³/mol. The van der Waals surface area contributed by atoms with Crippen LogP contribution in [0, 0.1) is 13.8 Å². The van der Waals surface area contributed by atoms with Crippen LogP contribution in [-0.4, -0.2) is 49.0 Å². The second-order valence-electron chi connectivity index (χ2n) is 10.1. The zero-order valence-electron chi connectivity index (χ0n) is 25.1. The molecular weight excluding hydrogens is 558 g/mol. The minimum atomic E-state index is 0.103. The van der Waals surface area contributed by atoms with Crippen LogP contribution in [0.15, 0.2) is 66.7 Å². The second-order valence-corrected chi connectivity index (χ2v) is 10.1. The topological polar surface area (TPSA) is 175 Å². The van der Waals surface area contributed by atoms with Crippen molar-refractivity contribution in [2.45, 2.75) is 33.5 Å². The Morgan fingerprint density at radius 3 is 1.59 bits per heavy atom. The van der Waals surface area contributed by atoms with Crippen molar-refractivity contribution in [1.82, 2.24) is 34.8 Å². The molecule has 0 atom stereocenters. The first-order chi connectivity index (χ1) is 21.3. The van der Waals surface area contributed by atoms with Crippen LogP contribution in [0.4, 0.5) is 35.2 Å². The molecule has 0 saturated heterocycles. The minimum Gasteiger partial charge on any atom is -0.493 e. The lowest BCUT2D eigenvalue weighted by Gasteiger charge is -2.22. The number of hydrogen-bond donors (Lipinski definition) is 4. The van der Waals surface area contributed by atoms with Gasteiger partial charge in [-0.3, -0.25) is 4.90 Å². The van der Waals surface area contributed by atoms with Gasteiger partial charge in [0.2, 0.25) is 23.8 Å². The van der Waals surface area contributed by atoms with Gasteiger partial charge in [0.15, 0.2) is 11.5 Å². The summed E-state index contributed by atoms with van der Waals surface area (Å²) >= 11 is 0.